The van der Waals surface area contributed by atoms with E-state index in [1.54, 1.807) is 0 Å². The quantitative estimate of drug-likeness (QED) is 0.0256. The molecule has 3 saturated heterocycles. The molecular weight excluding hydrogens is 1130 g/mol. The lowest BCUT2D eigenvalue weighted by Crippen LogP contribution is -2.46. The molecule has 416 valence electrons. The number of aliphatic hydroxyl groups excluding tert-OH is 3. The maximum absolute atomic E-state index is 13.7. The van der Waals surface area contributed by atoms with Crippen LogP contribution in [0.5, 0.6) is 0 Å². The van der Waals surface area contributed by atoms with Gasteiger partial charge in [-0.15, -0.1) is 0 Å². The molecule has 3 aliphatic heterocycles. The van der Waals surface area contributed by atoms with Crippen LogP contribution in [0.3, 0.4) is 0 Å². The van der Waals surface area contributed by atoms with Crippen molar-refractivity contribution in [2.24, 2.45) is 7.05 Å². The molecule has 0 aromatic carbocycles. The number of anilines is 3. The highest BCUT2D eigenvalue weighted by atomic mass is 32.5. The van der Waals surface area contributed by atoms with Crippen molar-refractivity contribution in [1.29, 1.82) is 0 Å². The van der Waals surface area contributed by atoms with Gasteiger partial charge in [0.05, 0.1) is 39.5 Å². The molecule has 38 nitrogen and oxygen atoms in total. The van der Waals surface area contributed by atoms with Crippen LogP contribution in [0.15, 0.2) is 34.9 Å². The standard InChI is InChI=1S/C33H45N15O23P4S/c1-45-10-48(26-16(45)28(53)44-33(36)42-26)30-19(51)20(61-2)12(67-30)6-65-75(60,76)71-74(58,59)70-73(56,57)64-5-13-21(22(62-3)31(68-13)46-8-39-14-23(34)37-7-38-24(14)46)69-72(54,55)63-4-11-17(49)18(50)29(66-11)47-9-40-15-25(47)41-32(35)43-27(15)52/h7-13,17-22,29-31,49-51H,4-6H2,1-3H3,(H11-,34,35,36,37,38,41,42,43,44,52,53,54,55,56,57,58,59,60,76)/p+1/t11-,12-,13-,17?,18+,19?,20+,21?,22+,29-,30-,31-,75?/m1/s1. The molecule has 0 bridgehead atoms. The molecule has 0 radical (unpaired) electrons. The number of fused-ring (bicyclic) bond motifs is 3. The molecule has 9 heterocycles. The number of hydrogen-bond acceptors (Lipinski definition) is 29. The van der Waals surface area contributed by atoms with Crippen molar-refractivity contribution in [2.45, 2.75) is 73.6 Å². The fourth-order valence-corrected chi connectivity index (χ4v) is 14.0. The minimum atomic E-state index is -5.97. The van der Waals surface area contributed by atoms with Crippen molar-refractivity contribution in [2.75, 3.05) is 51.2 Å². The average Bonchev–Trinajstić information content (AvgIpc) is 4.20. The Labute approximate surface area is 427 Å². The summed E-state index contributed by atoms with van der Waals surface area (Å²) in [5.41, 5.74) is 15.8. The number of imidazole rings is 3. The molecule has 0 saturated carbocycles. The van der Waals surface area contributed by atoms with Crippen LogP contribution in [0.4, 0.5) is 17.7 Å². The van der Waals surface area contributed by atoms with Crippen LogP contribution in [0.1, 0.15) is 18.7 Å². The summed E-state index contributed by atoms with van der Waals surface area (Å²) in [5.74, 6) is -0.622. The Hall–Kier alpha value is -4.73. The molecule has 9 rings (SSSR count). The summed E-state index contributed by atoms with van der Waals surface area (Å²) in [4.78, 5) is 96.8. The van der Waals surface area contributed by atoms with E-state index >= 15 is 0 Å². The highest BCUT2D eigenvalue weighted by Crippen LogP contribution is 2.68. The average molecular weight is 1180 g/mol. The number of phosphoric ester groups is 2. The van der Waals surface area contributed by atoms with Gasteiger partial charge in [0, 0.05) is 14.2 Å². The van der Waals surface area contributed by atoms with Crippen molar-refractivity contribution in [1.82, 2.24) is 53.6 Å². The number of aliphatic hydroxyl groups is 3. The molecule has 6 aromatic heterocycles. The fourth-order valence-electron chi connectivity index (χ4n) is 8.57. The van der Waals surface area contributed by atoms with Gasteiger partial charge in [-0.25, -0.2) is 42.5 Å². The Morgan fingerprint density at radius 3 is 2.01 bits per heavy atom. The van der Waals surface area contributed by atoms with Gasteiger partial charge in [0.1, 0.15) is 66.8 Å². The predicted molar refractivity (Wildman–Crippen MR) is 250 cm³/mol. The number of aromatic nitrogens is 12. The molecule has 0 amide bonds. The lowest BCUT2D eigenvalue weighted by Gasteiger charge is -2.26. The van der Waals surface area contributed by atoms with Gasteiger partial charge in [0.25, 0.3) is 17.1 Å². The van der Waals surface area contributed by atoms with Gasteiger partial charge < -0.3 is 80.3 Å². The van der Waals surface area contributed by atoms with E-state index in [1.807, 2.05) is 0 Å². The van der Waals surface area contributed by atoms with E-state index in [4.69, 9.17) is 70.8 Å². The lowest BCUT2D eigenvalue weighted by atomic mass is 10.1. The molecule has 7 unspecified atom stereocenters. The minimum Gasteiger partial charge on any atom is -0.387 e. The van der Waals surface area contributed by atoms with Gasteiger partial charge >= 0.3 is 35.8 Å². The zero-order valence-corrected chi connectivity index (χ0v) is 43.3. The molecule has 3 fully saturated rings. The molecule has 76 heavy (non-hydrogen) atoms. The van der Waals surface area contributed by atoms with Crippen LogP contribution in [0.2, 0.25) is 0 Å². The number of nitrogen functional groups attached to an aromatic ring is 3. The number of rotatable bonds is 20. The van der Waals surface area contributed by atoms with Gasteiger partial charge in [-0.3, -0.25) is 46.8 Å². The number of H-pyrrole nitrogens is 2. The molecule has 15 N–H and O–H groups in total. The number of aromatic amines is 2. The van der Waals surface area contributed by atoms with E-state index < -0.39 is 135 Å². The molecule has 3 aliphatic rings. The van der Waals surface area contributed by atoms with E-state index in [-0.39, 0.29) is 51.2 Å². The summed E-state index contributed by atoms with van der Waals surface area (Å²) in [6, 6.07) is 0. The summed E-state index contributed by atoms with van der Waals surface area (Å²) >= 11 is 4.87. The lowest BCUT2D eigenvalue weighted by molar-refractivity contribution is -0.745. The SMILES string of the molecule is CO[C@@H]1C(O)[C@H]([n+]2cn(C)c3c(=O)[nH]c(N)nc32)O[C@@H]1COP(O)(=S)OP(=O)(O)OP(=O)(O)OC[C@H]1O[C@@H](n2cnc3c(N)ncnc32)[C@@H](OC)C1OP(=O)(O)OC[C@H]1O[C@@H](n2cnc3c(=O)[nH]c(N)nc32)[C@@H](O)C1O. The number of ether oxygens (including phenoxy) is 5. The van der Waals surface area contributed by atoms with Crippen molar-refractivity contribution in [3.63, 3.8) is 0 Å². The van der Waals surface area contributed by atoms with E-state index in [2.05, 4.69) is 48.5 Å². The molecular formula is C33H46N15O23P4S+. The molecule has 0 aliphatic carbocycles. The monoisotopic (exact) mass is 1180 g/mol. The van der Waals surface area contributed by atoms with Crippen LogP contribution in [-0.4, -0.2) is 177 Å². The fraction of sp³-hybridized carbons (Fsp3) is 0.545. The van der Waals surface area contributed by atoms with E-state index in [0.717, 1.165) is 24.3 Å². The molecule has 16 atom stereocenters. The van der Waals surface area contributed by atoms with Gasteiger partial charge in [-0.1, -0.05) is 4.98 Å². The van der Waals surface area contributed by atoms with Crippen LogP contribution in [0.25, 0.3) is 33.5 Å². The van der Waals surface area contributed by atoms with Crippen molar-refractivity contribution in [3.05, 3.63) is 46.0 Å². The third kappa shape index (κ3) is 11.1. The molecule has 0 spiro atoms. The Kier molecular flexibility index (Phi) is 15.6. The molecule has 6 aromatic rings. The number of methoxy groups -OCH3 is 2. The number of hydrogen-bond donors (Lipinski definition) is 12. The number of nitrogens with zero attached hydrogens (tertiary/aromatic N) is 10. The first-order valence-electron chi connectivity index (χ1n) is 21.5. The van der Waals surface area contributed by atoms with Crippen LogP contribution < -0.4 is 32.9 Å². The predicted octanol–water partition coefficient (Wildman–Crippen LogP) is -3.94. The van der Waals surface area contributed by atoms with Crippen molar-refractivity contribution >= 4 is 93.2 Å². The number of nitrogens with one attached hydrogen (secondary N) is 2. The third-order valence-corrected chi connectivity index (χ3v) is 18.0. The second-order valence-electron chi connectivity index (χ2n) is 16.7. The molecule has 43 heteroatoms. The summed E-state index contributed by atoms with van der Waals surface area (Å²) < 4.78 is 104. The largest absolute Gasteiger partial charge is 0.488 e. The number of phosphoric acid groups is 3. The highest BCUT2D eigenvalue weighted by molar-refractivity contribution is 8.08. The topological polar surface area (TPSA) is 534 Å². The summed E-state index contributed by atoms with van der Waals surface area (Å²) in [5, 5.41) is 32.9. The van der Waals surface area contributed by atoms with Gasteiger partial charge in [-0.2, -0.15) is 9.29 Å². The smallest absolute Gasteiger partial charge is 0.387 e. The first-order chi connectivity index (χ1) is 35.7. The Morgan fingerprint density at radius 2 is 1.30 bits per heavy atom. The second-order valence-corrected chi connectivity index (χ2v) is 24.1. The van der Waals surface area contributed by atoms with Gasteiger partial charge in [0.15, 0.2) is 41.4 Å². The maximum atomic E-state index is 13.7. The highest BCUT2D eigenvalue weighted by Gasteiger charge is 2.54. The zero-order chi connectivity index (χ0) is 55.0. The Morgan fingerprint density at radius 1 is 0.697 bits per heavy atom. The first kappa shape index (κ1) is 56.0. The second kappa shape index (κ2) is 21.1. The van der Waals surface area contributed by atoms with E-state index in [1.165, 1.54) is 40.5 Å². The number of aryl methyl sites for hydroxylation is 1. The van der Waals surface area contributed by atoms with Crippen LogP contribution >= 0.6 is 30.2 Å². The van der Waals surface area contributed by atoms with Crippen molar-refractivity contribution in [3.8, 4) is 0 Å². The minimum absolute atomic E-state index is 0.00151. The Bertz CT molecular complexity index is 3490. The third-order valence-electron chi connectivity index (χ3n) is 11.8. The van der Waals surface area contributed by atoms with Gasteiger partial charge in [-0.05, 0) is 11.8 Å². The summed E-state index contributed by atoms with van der Waals surface area (Å²) in [6.07, 6.45) is -13.9. The van der Waals surface area contributed by atoms with Gasteiger partial charge in [0.2, 0.25) is 17.7 Å². The number of nitrogens with two attached hydrogens (primary N) is 3. The summed E-state index contributed by atoms with van der Waals surface area (Å²) in [7, 11) is -13.4. The normalized spacial score (nSPS) is 30.2. The summed E-state index contributed by atoms with van der Waals surface area (Å²) in [6.45, 7) is -7.93. The van der Waals surface area contributed by atoms with Crippen LogP contribution in [0, 0.1) is 0 Å². The zero-order valence-electron chi connectivity index (χ0n) is 38.9. The maximum Gasteiger partial charge on any atom is 0.488 e. The van der Waals surface area contributed by atoms with E-state index in [0.29, 0.717) is 0 Å². The Balaban J connectivity index is 0.866. The van der Waals surface area contributed by atoms with E-state index in [9.17, 15) is 58.2 Å². The van der Waals surface area contributed by atoms with Crippen LogP contribution in [-0.2, 0) is 83.0 Å². The first-order valence-corrected chi connectivity index (χ1v) is 28.6. The van der Waals surface area contributed by atoms with Crippen molar-refractivity contribution < 1.29 is 104 Å².